The van der Waals surface area contributed by atoms with Crippen LogP contribution in [-0.4, -0.2) is 17.0 Å². The lowest BCUT2D eigenvalue weighted by Gasteiger charge is -2.30. The van der Waals surface area contributed by atoms with E-state index in [0.717, 1.165) is 6.42 Å². The van der Waals surface area contributed by atoms with Crippen LogP contribution in [-0.2, 0) is 15.1 Å². The second-order valence-corrected chi connectivity index (χ2v) is 6.26. The van der Waals surface area contributed by atoms with Gasteiger partial charge >= 0.3 is 5.97 Å². The number of aliphatic carboxylic acids is 1. The van der Waals surface area contributed by atoms with Crippen LogP contribution in [0.1, 0.15) is 38.2 Å². The van der Waals surface area contributed by atoms with Crippen molar-refractivity contribution in [3.8, 4) is 0 Å². The third-order valence-electron chi connectivity index (χ3n) is 4.90. The summed E-state index contributed by atoms with van der Waals surface area (Å²) in [4.78, 5) is 24.3. The van der Waals surface area contributed by atoms with Crippen LogP contribution >= 0.6 is 0 Å². The van der Waals surface area contributed by atoms with E-state index in [2.05, 4.69) is 5.32 Å². The van der Waals surface area contributed by atoms with E-state index in [4.69, 9.17) is 0 Å². The molecule has 3 atom stereocenters. The number of hydrogen-bond acceptors (Lipinski definition) is 2. The maximum absolute atomic E-state index is 12.4. The summed E-state index contributed by atoms with van der Waals surface area (Å²) in [5.41, 5.74) is -0.674. The molecule has 2 saturated carbocycles. The molecule has 2 aliphatic rings. The highest BCUT2D eigenvalue weighted by Crippen LogP contribution is 2.54. The zero-order valence-corrected chi connectivity index (χ0v) is 12.2. The minimum Gasteiger partial charge on any atom is -0.479 e. The molecule has 0 heterocycles. The molecule has 1 amide bonds. The maximum Gasteiger partial charge on any atom is 0.334 e. The standard InChI is InChI=1S/C17H21NO3/c1-2-17(16(20)21,12-6-4-3-5-7-12)18-15(19)14-10-13(14)11-8-9-11/h3-7,11,13-14H,2,8-10H2,1H3,(H,18,19)(H,20,21). The molecule has 2 N–H and O–H groups in total. The van der Waals surface area contributed by atoms with Crippen LogP contribution in [0.15, 0.2) is 30.3 Å². The molecule has 2 aliphatic carbocycles. The third kappa shape index (κ3) is 2.55. The molecule has 0 aliphatic heterocycles. The third-order valence-corrected chi connectivity index (χ3v) is 4.90. The lowest BCUT2D eigenvalue weighted by molar-refractivity contribution is -0.148. The van der Waals surface area contributed by atoms with Gasteiger partial charge < -0.3 is 10.4 Å². The fraction of sp³-hybridized carbons (Fsp3) is 0.529. The summed E-state index contributed by atoms with van der Waals surface area (Å²) in [7, 11) is 0. The Balaban J connectivity index is 1.79. The van der Waals surface area contributed by atoms with Crippen molar-refractivity contribution in [2.75, 3.05) is 0 Å². The minimum atomic E-state index is -1.31. The van der Waals surface area contributed by atoms with Crippen molar-refractivity contribution in [3.05, 3.63) is 35.9 Å². The summed E-state index contributed by atoms with van der Waals surface area (Å²) in [6.07, 6.45) is 3.71. The highest BCUT2D eigenvalue weighted by Gasteiger charge is 2.53. The average Bonchev–Trinajstić information content (AvgIpc) is 3.37. The summed E-state index contributed by atoms with van der Waals surface area (Å²) < 4.78 is 0. The number of nitrogens with one attached hydrogen (secondary N) is 1. The van der Waals surface area contributed by atoms with Gasteiger partial charge in [0.05, 0.1) is 0 Å². The van der Waals surface area contributed by atoms with Crippen molar-refractivity contribution >= 4 is 11.9 Å². The lowest BCUT2D eigenvalue weighted by Crippen LogP contribution is -2.52. The van der Waals surface area contributed by atoms with Gasteiger partial charge in [-0.2, -0.15) is 0 Å². The quantitative estimate of drug-likeness (QED) is 0.845. The van der Waals surface area contributed by atoms with Gasteiger partial charge in [-0.3, -0.25) is 4.79 Å². The topological polar surface area (TPSA) is 66.4 Å². The van der Waals surface area contributed by atoms with Crippen LogP contribution in [0.5, 0.6) is 0 Å². The number of rotatable bonds is 6. The molecule has 0 radical (unpaired) electrons. The summed E-state index contributed by atoms with van der Waals surface area (Å²) in [6, 6.07) is 8.99. The lowest BCUT2D eigenvalue weighted by atomic mass is 9.87. The smallest absolute Gasteiger partial charge is 0.334 e. The minimum absolute atomic E-state index is 0.0199. The predicted octanol–water partition coefficient (Wildman–Crippen LogP) is 2.54. The first-order chi connectivity index (χ1) is 10.1. The molecule has 0 bridgehead atoms. The highest BCUT2D eigenvalue weighted by atomic mass is 16.4. The number of carboxylic acids is 1. The van der Waals surface area contributed by atoms with Crippen molar-refractivity contribution < 1.29 is 14.7 Å². The van der Waals surface area contributed by atoms with E-state index in [9.17, 15) is 14.7 Å². The fourth-order valence-corrected chi connectivity index (χ4v) is 3.28. The van der Waals surface area contributed by atoms with Crippen LogP contribution in [0.2, 0.25) is 0 Å². The Labute approximate surface area is 124 Å². The first-order valence-electron chi connectivity index (χ1n) is 7.69. The van der Waals surface area contributed by atoms with Crippen LogP contribution in [0.3, 0.4) is 0 Å². The molecule has 3 rings (SSSR count). The normalized spacial score (nSPS) is 26.7. The van der Waals surface area contributed by atoms with Crippen molar-refractivity contribution in [2.45, 2.75) is 38.1 Å². The predicted molar refractivity (Wildman–Crippen MR) is 78.5 cm³/mol. The van der Waals surface area contributed by atoms with E-state index in [-0.39, 0.29) is 11.8 Å². The first kappa shape index (κ1) is 14.1. The summed E-state index contributed by atoms with van der Waals surface area (Å²) in [5.74, 6) is 0.127. The van der Waals surface area contributed by atoms with E-state index in [1.165, 1.54) is 12.8 Å². The molecule has 0 aromatic heterocycles. The maximum atomic E-state index is 12.4. The van der Waals surface area contributed by atoms with Gasteiger partial charge in [-0.15, -0.1) is 0 Å². The molecule has 21 heavy (non-hydrogen) atoms. The molecule has 2 fully saturated rings. The Morgan fingerprint density at radius 1 is 1.29 bits per heavy atom. The molecule has 0 saturated heterocycles. The van der Waals surface area contributed by atoms with Crippen LogP contribution < -0.4 is 5.32 Å². The van der Waals surface area contributed by atoms with E-state index < -0.39 is 11.5 Å². The van der Waals surface area contributed by atoms with Gasteiger partial charge in [-0.25, -0.2) is 4.79 Å². The molecule has 112 valence electrons. The molecule has 1 aromatic carbocycles. The van der Waals surface area contributed by atoms with Gasteiger partial charge in [-0.1, -0.05) is 37.3 Å². The van der Waals surface area contributed by atoms with E-state index in [1.807, 2.05) is 6.07 Å². The van der Waals surface area contributed by atoms with Crippen molar-refractivity contribution in [3.63, 3.8) is 0 Å². The van der Waals surface area contributed by atoms with Crippen LogP contribution in [0, 0.1) is 17.8 Å². The van der Waals surface area contributed by atoms with Gasteiger partial charge in [0.15, 0.2) is 5.54 Å². The largest absolute Gasteiger partial charge is 0.479 e. The van der Waals surface area contributed by atoms with Gasteiger partial charge in [0.1, 0.15) is 0 Å². The van der Waals surface area contributed by atoms with E-state index in [0.29, 0.717) is 23.8 Å². The molecule has 1 aromatic rings. The van der Waals surface area contributed by atoms with Crippen LogP contribution in [0.25, 0.3) is 0 Å². The average molecular weight is 287 g/mol. The number of carboxylic acid groups (broad SMARTS) is 1. The monoisotopic (exact) mass is 287 g/mol. The van der Waals surface area contributed by atoms with Crippen molar-refractivity contribution in [1.29, 1.82) is 0 Å². The van der Waals surface area contributed by atoms with Crippen molar-refractivity contribution in [1.82, 2.24) is 5.32 Å². The Bertz CT molecular complexity index is 552. The Morgan fingerprint density at radius 2 is 1.95 bits per heavy atom. The second kappa shape index (κ2) is 5.17. The fourth-order valence-electron chi connectivity index (χ4n) is 3.28. The van der Waals surface area contributed by atoms with Gasteiger partial charge in [0.25, 0.3) is 0 Å². The number of amides is 1. The zero-order valence-electron chi connectivity index (χ0n) is 12.2. The first-order valence-corrected chi connectivity index (χ1v) is 7.69. The van der Waals surface area contributed by atoms with Crippen LogP contribution in [0.4, 0.5) is 0 Å². The molecular weight excluding hydrogens is 266 g/mol. The molecule has 3 unspecified atom stereocenters. The summed E-state index contributed by atoms with van der Waals surface area (Å²) in [6.45, 7) is 1.80. The molecular formula is C17H21NO3. The molecule has 4 nitrogen and oxygen atoms in total. The number of hydrogen-bond donors (Lipinski definition) is 2. The molecule has 4 heteroatoms. The number of carbonyl (C=O) groups is 2. The zero-order chi connectivity index (χ0) is 15.0. The number of benzene rings is 1. The van der Waals surface area contributed by atoms with E-state index >= 15 is 0 Å². The number of carbonyl (C=O) groups excluding carboxylic acids is 1. The van der Waals surface area contributed by atoms with Crippen molar-refractivity contribution in [2.24, 2.45) is 17.8 Å². The summed E-state index contributed by atoms with van der Waals surface area (Å²) in [5, 5.41) is 12.5. The highest BCUT2D eigenvalue weighted by molar-refractivity contribution is 5.90. The van der Waals surface area contributed by atoms with Gasteiger partial charge in [0, 0.05) is 5.92 Å². The second-order valence-electron chi connectivity index (χ2n) is 6.26. The SMILES string of the molecule is CCC(NC(=O)C1CC1C1CC1)(C(=O)O)c1ccccc1. The Morgan fingerprint density at radius 3 is 2.48 bits per heavy atom. The van der Waals surface area contributed by atoms with E-state index in [1.54, 1.807) is 31.2 Å². The van der Waals surface area contributed by atoms with Gasteiger partial charge in [0.2, 0.25) is 5.91 Å². The molecule has 0 spiro atoms. The Hall–Kier alpha value is -1.84. The summed E-state index contributed by atoms with van der Waals surface area (Å²) >= 11 is 0. The Kier molecular flexibility index (Phi) is 3.47. The van der Waals surface area contributed by atoms with Gasteiger partial charge in [-0.05, 0) is 43.1 Å².